The highest BCUT2D eigenvalue weighted by molar-refractivity contribution is 7.91. The summed E-state index contributed by atoms with van der Waals surface area (Å²) in [6, 6.07) is 42.3. The second kappa shape index (κ2) is 14.1. The molecule has 0 spiro atoms. The minimum absolute atomic E-state index is 0.147. The monoisotopic (exact) mass is 730 g/mol. The molecular formula is C44H42O6S2. The molecule has 52 heavy (non-hydrogen) atoms. The van der Waals surface area contributed by atoms with E-state index < -0.39 is 19.7 Å². The Morgan fingerprint density at radius 3 is 1.08 bits per heavy atom. The zero-order chi connectivity index (χ0) is 37.3. The summed E-state index contributed by atoms with van der Waals surface area (Å²) in [5.41, 5.74) is 4.29. The molecule has 6 rings (SSSR count). The average molecular weight is 731 g/mol. The molecule has 266 valence electrons. The summed E-state index contributed by atoms with van der Waals surface area (Å²) in [5.74, 6) is 1.99. The van der Waals surface area contributed by atoms with E-state index in [-0.39, 0.29) is 30.6 Å². The van der Waals surface area contributed by atoms with Gasteiger partial charge in [-0.1, -0.05) is 80.1 Å². The molecule has 0 amide bonds. The molecule has 0 saturated carbocycles. The normalized spacial score (nSPS) is 12.3. The molecule has 0 N–H and O–H groups in total. The average Bonchev–Trinajstić information content (AvgIpc) is 3.12. The molecule has 6 aromatic rings. The van der Waals surface area contributed by atoms with Gasteiger partial charge in [0.1, 0.15) is 22.8 Å². The third kappa shape index (κ3) is 7.98. The van der Waals surface area contributed by atoms with Gasteiger partial charge in [-0.15, -0.1) is 0 Å². The molecule has 6 nitrogen and oxygen atoms in total. The van der Waals surface area contributed by atoms with Crippen molar-refractivity contribution >= 4 is 19.7 Å². The van der Waals surface area contributed by atoms with E-state index in [9.17, 15) is 16.8 Å². The van der Waals surface area contributed by atoms with Gasteiger partial charge in [-0.25, -0.2) is 16.8 Å². The van der Waals surface area contributed by atoms with E-state index in [1.165, 1.54) is 12.1 Å². The van der Waals surface area contributed by atoms with Crippen molar-refractivity contribution in [1.29, 1.82) is 0 Å². The number of hydrogen-bond donors (Lipinski definition) is 0. The molecule has 0 aliphatic rings. The standard InChI is InChI=1S/C44H42O6S2/c1-31-7-23-39(24-8-31)51(45,46)40-25-9-32(10-26-40)33-11-27-41(28-12-33)52(47,48)42-29-21-37(22-30-42)49-36-17-13-34(14-18-36)44(5,6)35-15-19-38(20-16-35)50-43(2,3)4/h7-30H,1-6H3. The van der Waals surface area contributed by atoms with Crippen molar-refractivity contribution in [3.8, 4) is 28.4 Å². The number of aryl methyl sites for hydroxylation is 1. The molecule has 0 aliphatic heterocycles. The zero-order valence-electron chi connectivity index (χ0n) is 30.1. The van der Waals surface area contributed by atoms with Crippen LogP contribution in [0.4, 0.5) is 0 Å². The SMILES string of the molecule is Cc1ccc(S(=O)(=O)c2ccc(-c3ccc(S(=O)(=O)c4ccc(Oc5ccc(C(C)(C)c6ccc(OC(C)(C)C)cc6)cc5)cc4)cc3)cc2)cc1. The predicted octanol–water partition coefficient (Wildman–Crippen LogP) is 10.6. The van der Waals surface area contributed by atoms with Crippen LogP contribution >= 0.6 is 0 Å². The zero-order valence-corrected chi connectivity index (χ0v) is 31.8. The second-order valence-electron chi connectivity index (χ2n) is 14.3. The fourth-order valence-electron chi connectivity index (χ4n) is 5.87. The van der Waals surface area contributed by atoms with Gasteiger partial charge >= 0.3 is 0 Å². The first-order valence-corrected chi connectivity index (χ1v) is 19.9. The Balaban J connectivity index is 1.10. The van der Waals surface area contributed by atoms with Crippen LogP contribution in [0.5, 0.6) is 17.2 Å². The minimum atomic E-state index is -3.79. The number of sulfone groups is 2. The predicted molar refractivity (Wildman–Crippen MR) is 206 cm³/mol. The Hall–Kier alpha value is -5.18. The van der Waals surface area contributed by atoms with Crippen LogP contribution in [0.25, 0.3) is 11.1 Å². The van der Waals surface area contributed by atoms with Crippen molar-refractivity contribution in [3.05, 3.63) is 162 Å². The van der Waals surface area contributed by atoms with Gasteiger partial charge in [0.05, 0.1) is 19.6 Å². The maximum absolute atomic E-state index is 13.5. The number of benzene rings is 6. The van der Waals surface area contributed by atoms with Crippen LogP contribution in [0, 0.1) is 6.92 Å². The number of hydrogen-bond acceptors (Lipinski definition) is 6. The lowest BCUT2D eigenvalue weighted by Crippen LogP contribution is -2.23. The van der Waals surface area contributed by atoms with Crippen LogP contribution in [-0.2, 0) is 25.1 Å². The maximum atomic E-state index is 13.5. The molecule has 0 fully saturated rings. The molecule has 0 bridgehead atoms. The molecule has 0 aliphatic carbocycles. The van der Waals surface area contributed by atoms with Gasteiger partial charge in [0.25, 0.3) is 0 Å². The molecule has 0 radical (unpaired) electrons. The largest absolute Gasteiger partial charge is 0.488 e. The second-order valence-corrected chi connectivity index (χ2v) is 18.2. The summed E-state index contributed by atoms with van der Waals surface area (Å²) < 4.78 is 65.1. The summed E-state index contributed by atoms with van der Waals surface area (Å²) in [6.07, 6.45) is 0. The van der Waals surface area contributed by atoms with Gasteiger partial charge in [0.2, 0.25) is 19.7 Å². The Morgan fingerprint density at radius 1 is 0.404 bits per heavy atom. The van der Waals surface area contributed by atoms with Crippen LogP contribution in [0.1, 0.15) is 51.3 Å². The van der Waals surface area contributed by atoms with Crippen molar-refractivity contribution in [2.45, 2.75) is 72.1 Å². The van der Waals surface area contributed by atoms with E-state index in [4.69, 9.17) is 9.47 Å². The minimum Gasteiger partial charge on any atom is -0.488 e. The van der Waals surface area contributed by atoms with Crippen molar-refractivity contribution < 1.29 is 26.3 Å². The van der Waals surface area contributed by atoms with E-state index in [0.717, 1.165) is 33.6 Å². The summed E-state index contributed by atoms with van der Waals surface area (Å²) >= 11 is 0. The lowest BCUT2D eigenvalue weighted by Gasteiger charge is -2.27. The molecule has 0 atom stereocenters. The van der Waals surface area contributed by atoms with Gasteiger partial charge < -0.3 is 9.47 Å². The maximum Gasteiger partial charge on any atom is 0.206 e. The van der Waals surface area contributed by atoms with Crippen molar-refractivity contribution in [1.82, 2.24) is 0 Å². The highest BCUT2D eigenvalue weighted by Crippen LogP contribution is 2.35. The van der Waals surface area contributed by atoms with Gasteiger partial charge in [-0.3, -0.25) is 0 Å². The smallest absolute Gasteiger partial charge is 0.206 e. The van der Waals surface area contributed by atoms with E-state index in [0.29, 0.717) is 11.5 Å². The van der Waals surface area contributed by atoms with E-state index in [2.05, 4.69) is 26.0 Å². The molecule has 6 aromatic carbocycles. The Bertz CT molecular complexity index is 2370. The Labute approximate surface area is 307 Å². The van der Waals surface area contributed by atoms with Crippen LogP contribution in [0.2, 0.25) is 0 Å². The lowest BCUT2D eigenvalue weighted by atomic mass is 9.78. The summed E-state index contributed by atoms with van der Waals surface area (Å²) in [5, 5.41) is 0. The molecule has 0 unspecified atom stereocenters. The Morgan fingerprint density at radius 2 is 0.712 bits per heavy atom. The number of ether oxygens (including phenoxy) is 2. The van der Waals surface area contributed by atoms with E-state index >= 15 is 0 Å². The van der Waals surface area contributed by atoms with Gasteiger partial charge in [-0.2, -0.15) is 0 Å². The van der Waals surface area contributed by atoms with Crippen LogP contribution in [0.3, 0.4) is 0 Å². The first-order valence-electron chi connectivity index (χ1n) is 17.0. The third-order valence-electron chi connectivity index (χ3n) is 8.94. The van der Waals surface area contributed by atoms with Crippen molar-refractivity contribution in [2.75, 3.05) is 0 Å². The van der Waals surface area contributed by atoms with Crippen LogP contribution < -0.4 is 9.47 Å². The quantitative estimate of drug-likeness (QED) is 0.139. The third-order valence-corrected chi connectivity index (χ3v) is 12.5. The fraction of sp³-hybridized carbons (Fsp3) is 0.182. The van der Waals surface area contributed by atoms with E-state index in [1.807, 2.05) is 64.1 Å². The van der Waals surface area contributed by atoms with Gasteiger partial charge in [0.15, 0.2) is 0 Å². The van der Waals surface area contributed by atoms with Crippen molar-refractivity contribution in [3.63, 3.8) is 0 Å². The van der Waals surface area contributed by atoms with E-state index in [1.54, 1.807) is 84.9 Å². The lowest BCUT2D eigenvalue weighted by molar-refractivity contribution is 0.131. The van der Waals surface area contributed by atoms with Gasteiger partial charge in [-0.05, 0) is 135 Å². The van der Waals surface area contributed by atoms with Crippen LogP contribution in [0.15, 0.2) is 165 Å². The molecule has 0 heterocycles. The fourth-order valence-corrected chi connectivity index (χ4v) is 8.39. The molecule has 0 aromatic heterocycles. The topological polar surface area (TPSA) is 86.7 Å². The highest BCUT2D eigenvalue weighted by atomic mass is 32.2. The number of rotatable bonds is 10. The van der Waals surface area contributed by atoms with Gasteiger partial charge in [0, 0.05) is 5.41 Å². The first-order chi connectivity index (χ1) is 24.5. The molecule has 0 saturated heterocycles. The Kier molecular flexibility index (Phi) is 9.92. The first kappa shape index (κ1) is 36.6. The highest BCUT2D eigenvalue weighted by Gasteiger charge is 2.24. The molecule has 8 heteroatoms. The summed E-state index contributed by atoms with van der Waals surface area (Å²) in [4.78, 5) is 0.726. The summed E-state index contributed by atoms with van der Waals surface area (Å²) in [6.45, 7) is 12.3. The van der Waals surface area contributed by atoms with Crippen LogP contribution in [-0.4, -0.2) is 22.4 Å². The molecular weight excluding hydrogens is 689 g/mol. The summed E-state index contributed by atoms with van der Waals surface area (Å²) in [7, 11) is -7.44. The van der Waals surface area contributed by atoms with Crippen molar-refractivity contribution in [2.24, 2.45) is 0 Å².